The average Bonchev–Trinajstić information content (AvgIpc) is 2.84. The van der Waals surface area contributed by atoms with Gasteiger partial charge in [-0.15, -0.1) is 0 Å². The van der Waals surface area contributed by atoms with E-state index in [1.54, 1.807) is 13.4 Å². The van der Waals surface area contributed by atoms with Gasteiger partial charge in [0.25, 0.3) is 0 Å². The molecule has 0 aliphatic heterocycles. The number of aromatic nitrogens is 1. The fraction of sp³-hybridized carbons (Fsp3) is 0.357. The van der Waals surface area contributed by atoms with Crippen LogP contribution >= 0.6 is 0 Å². The summed E-state index contributed by atoms with van der Waals surface area (Å²) in [5.41, 5.74) is 7.56. The molecule has 0 radical (unpaired) electrons. The molecular weight excluding hydrogens is 228 g/mol. The molecule has 0 bridgehead atoms. The van der Waals surface area contributed by atoms with E-state index in [0.717, 1.165) is 35.7 Å². The number of rotatable bonds is 6. The van der Waals surface area contributed by atoms with Crippen molar-refractivity contribution in [3.05, 3.63) is 47.7 Å². The maximum absolute atomic E-state index is 5.47. The van der Waals surface area contributed by atoms with Gasteiger partial charge in [0.1, 0.15) is 12.0 Å². The highest BCUT2D eigenvalue weighted by molar-refractivity contribution is 5.29. The van der Waals surface area contributed by atoms with Gasteiger partial charge in [-0.2, -0.15) is 0 Å². The van der Waals surface area contributed by atoms with Gasteiger partial charge < -0.3 is 14.9 Å². The minimum Gasteiger partial charge on any atom is -0.497 e. The molecular formula is C14H18N2O2. The molecule has 0 unspecified atom stereocenters. The van der Waals surface area contributed by atoms with E-state index in [2.05, 4.69) is 4.98 Å². The Hall–Kier alpha value is -1.81. The van der Waals surface area contributed by atoms with Crippen molar-refractivity contribution in [2.75, 3.05) is 13.7 Å². The zero-order chi connectivity index (χ0) is 12.8. The van der Waals surface area contributed by atoms with Gasteiger partial charge in [0, 0.05) is 6.42 Å². The first-order chi connectivity index (χ1) is 8.81. The van der Waals surface area contributed by atoms with E-state index < -0.39 is 0 Å². The number of ether oxygens (including phenoxy) is 1. The van der Waals surface area contributed by atoms with E-state index >= 15 is 0 Å². The Bertz CT molecular complexity index is 494. The van der Waals surface area contributed by atoms with Gasteiger partial charge in [-0.05, 0) is 37.1 Å². The van der Waals surface area contributed by atoms with Crippen LogP contribution in [0.25, 0.3) is 0 Å². The lowest BCUT2D eigenvalue weighted by atomic mass is 10.1. The van der Waals surface area contributed by atoms with Crippen LogP contribution in [0, 0.1) is 0 Å². The van der Waals surface area contributed by atoms with Crippen LogP contribution in [-0.4, -0.2) is 18.6 Å². The van der Waals surface area contributed by atoms with Gasteiger partial charge >= 0.3 is 0 Å². The summed E-state index contributed by atoms with van der Waals surface area (Å²) >= 11 is 0. The molecule has 1 aromatic heterocycles. The Morgan fingerprint density at radius 1 is 1.39 bits per heavy atom. The van der Waals surface area contributed by atoms with Gasteiger partial charge in [-0.3, -0.25) is 0 Å². The van der Waals surface area contributed by atoms with E-state index in [1.165, 1.54) is 0 Å². The zero-order valence-corrected chi connectivity index (χ0v) is 10.6. The number of aryl methyl sites for hydroxylation is 1. The molecule has 0 aliphatic carbocycles. The number of hydrogen-bond acceptors (Lipinski definition) is 4. The minimum absolute atomic E-state index is 0.679. The van der Waals surface area contributed by atoms with Crippen LogP contribution in [0.5, 0.6) is 5.75 Å². The Labute approximate surface area is 107 Å². The second kappa shape index (κ2) is 6.21. The quantitative estimate of drug-likeness (QED) is 0.848. The van der Waals surface area contributed by atoms with E-state index in [1.807, 2.05) is 24.3 Å². The molecule has 18 heavy (non-hydrogen) atoms. The first kappa shape index (κ1) is 12.6. The topological polar surface area (TPSA) is 61.3 Å². The van der Waals surface area contributed by atoms with Crippen molar-refractivity contribution < 1.29 is 9.15 Å². The van der Waals surface area contributed by atoms with Crippen LogP contribution in [0.4, 0.5) is 0 Å². The highest BCUT2D eigenvalue weighted by Gasteiger charge is 2.05. The summed E-state index contributed by atoms with van der Waals surface area (Å²) in [5, 5.41) is 0. The standard InChI is InChI=1S/C14H18N2O2/c1-17-13-6-2-4-11(8-13)9-14-16-12(10-18-14)5-3-7-15/h2,4,6,8,10H,3,5,7,9,15H2,1H3. The molecule has 0 aliphatic rings. The number of methoxy groups -OCH3 is 1. The maximum Gasteiger partial charge on any atom is 0.198 e. The lowest BCUT2D eigenvalue weighted by molar-refractivity contribution is 0.414. The highest BCUT2D eigenvalue weighted by Crippen LogP contribution is 2.16. The number of hydrogen-bond donors (Lipinski definition) is 1. The fourth-order valence-electron chi connectivity index (χ4n) is 1.79. The monoisotopic (exact) mass is 246 g/mol. The summed E-state index contributed by atoms with van der Waals surface area (Å²) in [6, 6.07) is 7.91. The molecule has 1 heterocycles. The third-order valence-corrected chi connectivity index (χ3v) is 2.73. The van der Waals surface area contributed by atoms with Crippen molar-refractivity contribution >= 4 is 0 Å². The number of benzene rings is 1. The first-order valence-electron chi connectivity index (χ1n) is 6.08. The zero-order valence-electron chi connectivity index (χ0n) is 10.6. The van der Waals surface area contributed by atoms with Crippen LogP contribution in [0.1, 0.15) is 23.6 Å². The number of nitrogens with zero attached hydrogens (tertiary/aromatic N) is 1. The van der Waals surface area contributed by atoms with E-state index in [4.69, 9.17) is 14.9 Å². The predicted molar refractivity (Wildman–Crippen MR) is 69.7 cm³/mol. The van der Waals surface area contributed by atoms with Crippen LogP contribution in [0.15, 0.2) is 34.9 Å². The minimum atomic E-state index is 0.679. The molecule has 96 valence electrons. The van der Waals surface area contributed by atoms with E-state index in [0.29, 0.717) is 13.0 Å². The number of nitrogens with two attached hydrogens (primary N) is 1. The number of oxazole rings is 1. The van der Waals surface area contributed by atoms with Crippen molar-refractivity contribution in [3.63, 3.8) is 0 Å². The third kappa shape index (κ3) is 3.34. The molecule has 4 heteroatoms. The fourth-order valence-corrected chi connectivity index (χ4v) is 1.79. The Morgan fingerprint density at radius 3 is 3.06 bits per heavy atom. The summed E-state index contributed by atoms with van der Waals surface area (Å²) in [6.07, 6.45) is 4.20. The van der Waals surface area contributed by atoms with E-state index in [-0.39, 0.29) is 0 Å². The maximum atomic E-state index is 5.47. The summed E-state index contributed by atoms with van der Waals surface area (Å²) in [5.74, 6) is 1.58. The van der Waals surface area contributed by atoms with Gasteiger partial charge in [-0.25, -0.2) is 4.98 Å². The average molecular weight is 246 g/mol. The second-order valence-corrected chi connectivity index (χ2v) is 4.15. The molecule has 4 nitrogen and oxygen atoms in total. The van der Waals surface area contributed by atoms with Gasteiger partial charge in [0.2, 0.25) is 0 Å². The lowest BCUT2D eigenvalue weighted by Crippen LogP contribution is -2.00. The van der Waals surface area contributed by atoms with Crippen molar-refractivity contribution in [2.45, 2.75) is 19.3 Å². The van der Waals surface area contributed by atoms with Gasteiger partial charge in [0.05, 0.1) is 12.8 Å². The largest absolute Gasteiger partial charge is 0.497 e. The summed E-state index contributed by atoms with van der Waals surface area (Å²) < 4.78 is 10.6. The lowest BCUT2D eigenvalue weighted by Gasteiger charge is -2.01. The third-order valence-electron chi connectivity index (χ3n) is 2.73. The predicted octanol–water partition coefficient (Wildman–Crippen LogP) is 2.17. The molecule has 2 aromatic rings. The molecule has 0 saturated heterocycles. The molecule has 0 amide bonds. The Balaban J connectivity index is 2.01. The highest BCUT2D eigenvalue weighted by atomic mass is 16.5. The van der Waals surface area contributed by atoms with Crippen LogP contribution in [-0.2, 0) is 12.8 Å². The molecule has 0 fully saturated rings. The van der Waals surface area contributed by atoms with Crippen molar-refractivity contribution in [1.82, 2.24) is 4.98 Å². The first-order valence-corrected chi connectivity index (χ1v) is 6.08. The van der Waals surface area contributed by atoms with Gasteiger partial charge in [0.15, 0.2) is 5.89 Å². The molecule has 2 rings (SSSR count). The van der Waals surface area contributed by atoms with Crippen molar-refractivity contribution in [3.8, 4) is 5.75 Å². The smallest absolute Gasteiger partial charge is 0.198 e. The molecule has 2 N–H and O–H groups in total. The Kier molecular flexibility index (Phi) is 4.36. The van der Waals surface area contributed by atoms with Crippen molar-refractivity contribution in [2.24, 2.45) is 5.73 Å². The van der Waals surface area contributed by atoms with Crippen LogP contribution in [0.3, 0.4) is 0 Å². The summed E-state index contributed by atoms with van der Waals surface area (Å²) in [7, 11) is 1.66. The van der Waals surface area contributed by atoms with Crippen molar-refractivity contribution in [1.29, 1.82) is 0 Å². The summed E-state index contributed by atoms with van der Waals surface area (Å²) in [6.45, 7) is 0.679. The molecule has 1 aromatic carbocycles. The summed E-state index contributed by atoms with van der Waals surface area (Å²) in [4.78, 5) is 4.44. The second-order valence-electron chi connectivity index (χ2n) is 4.15. The molecule has 0 saturated carbocycles. The van der Waals surface area contributed by atoms with Crippen LogP contribution in [0.2, 0.25) is 0 Å². The van der Waals surface area contributed by atoms with Crippen LogP contribution < -0.4 is 10.5 Å². The SMILES string of the molecule is COc1cccc(Cc2nc(CCCN)co2)c1. The molecule has 0 atom stereocenters. The Morgan fingerprint density at radius 2 is 2.28 bits per heavy atom. The van der Waals surface area contributed by atoms with Gasteiger partial charge in [-0.1, -0.05) is 12.1 Å². The normalized spacial score (nSPS) is 10.6. The molecule has 0 spiro atoms. The van der Waals surface area contributed by atoms with E-state index in [9.17, 15) is 0 Å².